The number of hydrogen-bond acceptors (Lipinski definition) is 5. The monoisotopic (exact) mass is 355 g/mol. The highest BCUT2D eigenvalue weighted by molar-refractivity contribution is 5.84. The largest absolute Gasteiger partial charge is 0.379 e. The van der Waals surface area contributed by atoms with E-state index < -0.39 is 0 Å². The maximum Gasteiger partial charge on any atom is 0.244 e. The smallest absolute Gasteiger partial charge is 0.244 e. The molecule has 2 aromatic rings. The molecule has 2 aromatic heterocycles. The Morgan fingerprint density at radius 3 is 2.65 bits per heavy atom. The Kier molecular flexibility index (Phi) is 4.74. The number of aromatic nitrogens is 3. The number of rotatable bonds is 4. The first-order chi connectivity index (χ1) is 12.6. The van der Waals surface area contributed by atoms with Crippen molar-refractivity contribution in [2.24, 2.45) is 0 Å². The van der Waals surface area contributed by atoms with Crippen molar-refractivity contribution in [3.05, 3.63) is 47.5 Å². The summed E-state index contributed by atoms with van der Waals surface area (Å²) < 4.78 is 7.51. The minimum absolute atomic E-state index is 0.151. The summed E-state index contributed by atoms with van der Waals surface area (Å²) >= 11 is 0. The summed E-state index contributed by atoms with van der Waals surface area (Å²) in [7, 11) is 0. The third-order valence-corrected chi connectivity index (χ3v) is 5.21. The molecule has 26 heavy (non-hydrogen) atoms. The van der Waals surface area contributed by atoms with E-state index in [1.807, 2.05) is 28.6 Å². The van der Waals surface area contributed by atoms with E-state index in [1.165, 1.54) is 0 Å². The van der Waals surface area contributed by atoms with Crippen molar-refractivity contribution in [2.45, 2.75) is 25.9 Å². The van der Waals surface area contributed by atoms with Crippen LogP contribution in [-0.2, 0) is 9.53 Å². The van der Waals surface area contributed by atoms with Crippen LogP contribution in [-0.4, -0.2) is 69.9 Å². The molecule has 2 saturated heterocycles. The average molecular weight is 355 g/mol. The highest BCUT2D eigenvalue weighted by Gasteiger charge is 2.39. The van der Waals surface area contributed by atoms with Crippen LogP contribution < -0.4 is 0 Å². The van der Waals surface area contributed by atoms with Crippen molar-refractivity contribution >= 4 is 5.91 Å². The van der Waals surface area contributed by atoms with Gasteiger partial charge in [-0.25, -0.2) is 0 Å². The summed E-state index contributed by atoms with van der Waals surface area (Å²) in [5, 5.41) is 4.56. The highest BCUT2D eigenvalue weighted by Crippen LogP contribution is 2.29. The fourth-order valence-electron chi connectivity index (χ4n) is 3.86. The molecule has 1 amide bonds. The van der Waals surface area contributed by atoms with Gasteiger partial charge in [0, 0.05) is 44.3 Å². The number of pyridine rings is 1. The van der Waals surface area contributed by atoms with Gasteiger partial charge in [-0.2, -0.15) is 5.10 Å². The minimum atomic E-state index is -0.283. The number of amides is 1. The van der Waals surface area contributed by atoms with Gasteiger partial charge in [-0.1, -0.05) is 6.07 Å². The Morgan fingerprint density at radius 1 is 1.27 bits per heavy atom. The van der Waals surface area contributed by atoms with Gasteiger partial charge in [0.1, 0.15) is 6.04 Å². The van der Waals surface area contributed by atoms with Gasteiger partial charge in [0.05, 0.1) is 24.9 Å². The van der Waals surface area contributed by atoms with Crippen LogP contribution in [0.1, 0.15) is 29.0 Å². The van der Waals surface area contributed by atoms with Crippen LogP contribution >= 0.6 is 0 Å². The van der Waals surface area contributed by atoms with Gasteiger partial charge in [-0.15, -0.1) is 0 Å². The lowest BCUT2D eigenvalue weighted by atomic mass is 10.0. The maximum absolute atomic E-state index is 13.3. The van der Waals surface area contributed by atoms with Crippen LogP contribution in [0, 0.1) is 13.8 Å². The second-order valence-electron chi connectivity index (χ2n) is 7.11. The van der Waals surface area contributed by atoms with Gasteiger partial charge in [0.2, 0.25) is 5.91 Å². The molecule has 2 aliphatic rings. The zero-order chi connectivity index (χ0) is 18.1. The van der Waals surface area contributed by atoms with Crippen LogP contribution in [0.15, 0.2) is 30.6 Å². The fourth-order valence-corrected chi connectivity index (χ4v) is 3.86. The zero-order valence-corrected chi connectivity index (χ0v) is 15.3. The molecule has 138 valence electrons. The molecular formula is C19H25N5O2. The molecule has 7 heteroatoms. The van der Waals surface area contributed by atoms with Crippen molar-refractivity contribution in [1.82, 2.24) is 24.6 Å². The molecule has 0 bridgehead atoms. The summed E-state index contributed by atoms with van der Waals surface area (Å²) in [6.45, 7) is 8.35. The molecule has 0 radical (unpaired) electrons. The van der Waals surface area contributed by atoms with Crippen molar-refractivity contribution in [3.8, 4) is 0 Å². The van der Waals surface area contributed by atoms with Gasteiger partial charge in [0.25, 0.3) is 0 Å². The molecule has 2 fully saturated rings. The van der Waals surface area contributed by atoms with E-state index in [9.17, 15) is 4.79 Å². The Hall–Kier alpha value is -2.25. The van der Waals surface area contributed by atoms with Crippen LogP contribution in [0.2, 0.25) is 0 Å². The van der Waals surface area contributed by atoms with Gasteiger partial charge in [-0.3, -0.25) is 19.4 Å². The first kappa shape index (κ1) is 17.2. The summed E-state index contributed by atoms with van der Waals surface area (Å²) in [5.74, 6) is 0.151. The van der Waals surface area contributed by atoms with E-state index >= 15 is 0 Å². The summed E-state index contributed by atoms with van der Waals surface area (Å²) in [6.07, 6.45) is 3.54. The van der Waals surface area contributed by atoms with E-state index in [-0.39, 0.29) is 18.0 Å². The van der Waals surface area contributed by atoms with Crippen molar-refractivity contribution in [1.29, 1.82) is 0 Å². The second kappa shape index (κ2) is 7.17. The molecular weight excluding hydrogens is 330 g/mol. The second-order valence-corrected chi connectivity index (χ2v) is 7.11. The molecule has 0 aromatic carbocycles. The SMILES string of the molecule is Cc1cc(C)n(C2CN(C(=O)[C@@H](c3cccnc3)N3CCOCC3)C2)n1. The van der Waals surface area contributed by atoms with Crippen LogP contribution in [0.5, 0.6) is 0 Å². The predicted octanol–water partition coefficient (Wildman–Crippen LogP) is 1.35. The lowest BCUT2D eigenvalue weighted by Crippen LogP contribution is -2.55. The number of morpholine rings is 1. The van der Waals surface area contributed by atoms with E-state index in [0.29, 0.717) is 26.3 Å². The first-order valence-corrected chi connectivity index (χ1v) is 9.17. The van der Waals surface area contributed by atoms with Gasteiger partial charge in [0.15, 0.2) is 0 Å². The van der Waals surface area contributed by atoms with Gasteiger partial charge >= 0.3 is 0 Å². The third-order valence-electron chi connectivity index (χ3n) is 5.21. The molecule has 0 N–H and O–H groups in total. The topological polar surface area (TPSA) is 63.5 Å². The Morgan fingerprint density at radius 2 is 2.04 bits per heavy atom. The van der Waals surface area contributed by atoms with Gasteiger partial charge < -0.3 is 9.64 Å². The van der Waals surface area contributed by atoms with Crippen LogP contribution in [0.4, 0.5) is 0 Å². The number of carbonyl (C=O) groups is 1. The molecule has 0 saturated carbocycles. The molecule has 1 atom stereocenters. The predicted molar refractivity (Wildman–Crippen MR) is 96.7 cm³/mol. The normalized spacial score (nSPS) is 20.0. The number of carbonyl (C=O) groups excluding carboxylic acids is 1. The quantitative estimate of drug-likeness (QED) is 0.828. The highest BCUT2D eigenvalue weighted by atomic mass is 16.5. The minimum Gasteiger partial charge on any atom is -0.379 e. The molecule has 2 aliphatic heterocycles. The Bertz CT molecular complexity index is 763. The lowest BCUT2D eigenvalue weighted by molar-refractivity contribution is -0.145. The standard InChI is InChI=1S/C19H25N5O2/c1-14-10-15(2)24(21-14)17-12-23(13-17)19(25)18(16-4-3-5-20-11-16)22-6-8-26-9-7-22/h3-5,10-11,17-18H,6-9,12-13H2,1-2H3/t18-/m1/s1. The molecule has 7 nitrogen and oxygen atoms in total. The van der Waals surface area contributed by atoms with Crippen molar-refractivity contribution in [2.75, 3.05) is 39.4 Å². The van der Waals surface area contributed by atoms with E-state index in [0.717, 1.165) is 30.0 Å². The van der Waals surface area contributed by atoms with Gasteiger partial charge in [-0.05, 0) is 31.5 Å². The average Bonchev–Trinajstić information content (AvgIpc) is 2.94. The van der Waals surface area contributed by atoms with Crippen LogP contribution in [0.3, 0.4) is 0 Å². The summed E-state index contributed by atoms with van der Waals surface area (Å²) in [4.78, 5) is 21.6. The summed E-state index contributed by atoms with van der Waals surface area (Å²) in [5.41, 5.74) is 3.12. The molecule has 0 aliphatic carbocycles. The first-order valence-electron chi connectivity index (χ1n) is 9.17. The molecule has 0 unspecified atom stereocenters. The van der Waals surface area contributed by atoms with E-state index in [4.69, 9.17) is 4.74 Å². The Balaban J connectivity index is 1.49. The fraction of sp³-hybridized carbons (Fsp3) is 0.526. The number of nitrogens with zero attached hydrogens (tertiary/aromatic N) is 5. The molecule has 4 heterocycles. The number of likely N-dealkylation sites (tertiary alicyclic amines) is 1. The number of ether oxygens (including phenoxy) is 1. The van der Waals surface area contributed by atoms with Crippen LogP contribution in [0.25, 0.3) is 0 Å². The van der Waals surface area contributed by atoms with Crippen molar-refractivity contribution < 1.29 is 9.53 Å². The number of aryl methyl sites for hydroxylation is 2. The lowest BCUT2D eigenvalue weighted by Gasteiger charge is -2.44. The Labute approximate surface area is 153 Å². The van der Waals surface area contributed by atoms with E-state index in [1.54, 1.807) is 12.4 Å². The number of hydrogen-bond donors (Lipinski definition) is 0. The third kappa shape index (κ3) is 3.24. The maximum atomic E-state index is 13.3. The molecule has 0 spiro atoms. The summed E-state index contributed by atoms with van der Waals surface area (Å²) in [6, 6.07) is 5.95. The van der Waals surface area contributed by atoms with E-state index in [2.05, 4.69) is 28.0 Å². The zero-order valence-electron chi connectivity index (χ0n) is 15.3. The molecule has 4 rings (SSSR count). The van der Waals surface area contributed by atoms with Crippen molar-refractivity contribution in [3.63, 3.8) is 0 Å².